The molecular formula is C52H61Cl6N3O4Zr3. The summed E-state index contributed by atoms with van der Waals surface area (Å²) in [5.74, 6) is 5.74. The Morgan fingerprint density at radius 2 is 0.956 bits per heavy atom. The van der Waals surface area contributed by atoms with Gasteiger partial charge in [0.15, 0.2) is 0 Å². The molecule has 0 aromatic heterocycles. The van der Waals surface area contributed by atoms with Crippen LogP contribution in [-0.4, -0.2) is 54.1 Å². The van der Waals surface area contributed by atoms with Crippen LogP contribution in [-0.2, 0) is 68.0 Å². The van der Waals surface area contributed by atoms with E-state index in [0.29, 0.717) is 35.1 Å². The van der Waals surface area contributed by atoms with E-state index in [0.717, 1.165) is 73.4 Å². The molecule has 4 saturated carbocycles. The maximum atomic E-state index is 11.5. The van der Waals surface area contributed by atoms with Crippen LogP contribution in [0.2, 0.25) is 0 Å². The molecule has 0 radical (unpaired) electrons. The van der Waals surface area contributed by atoms with Gasteiger partial charge in [-0.1, -0.05) is 74.5 Å². The van der Waals surface area contributed by atoms with Crippen LogP contribution in [0.3, 0.4) is 0 Å². The summed E-state index contributed by atoms with van der Waals surface area (Å²) in [4.78, 5) is 12.9. The fraction of sp³-hybridized carbons (Fsp3) is 0.365. The van der Waals surface area contributed by atoms with E-state index in [1.807, 2.05) is 119 Å². The van der Waals surface area contributed by atoms with Crippen molar-refractivity contribution >= 4 is 69.7 Å². The van der Waals surface area contributed by atoms with Crippen LogP contribution in [0.4, 0.5) is 0 Å². The van der Waals surface area contributed by atoms with E-state index < -0.39 is 68.0 Å². The van der Waals surface area contributed by atoms with Crippen LogP contribution < -0.4 is 4.74 Å². The third kappa shape index (κ3) is 19.0. The van der Waals surface area contributed by atoms with Gasteiger partial charge in [-0.05, 0) is 148 Å². The van der Waals surface area contributed by atoms with Crippen LogP contribution >= 0.6 is 51.1 Å². The van der Waals surface area contributed by atoms with Crippen molar-refractivity contribution in [2.45, 2.75) is 85.1 Å². The molecule has 4 aliphatic rings. The fourth-order valence-corrected chi connectivity index (χ4v) is 9.67. The van der Waals surface area contributed by atoms with Crippen molar-refractivity contribution < 1.29 is 82.6 Å². The Hall–Kier alpha value is -1.30. The van der Waals surface area contributed by atoms with Gasteiger partial charge in [-0.2, -0.15) is 0 Å². The number of aryl methyl sites for hydroxylation is 4. The molecule has 0 saturated heterocycles. The molecule has 362 valence electrons. The van der Waals surface area contributed by atoms with Crippen LogP contribution in [0.25, 0.3) is 0 Å². The topological polar surface area (TPSA) is 107 Å². The SMILES string of the molecule is CC(C)(c1ccccc1)c1cc(Oc2ccccc2)cc(C=NC2C3CC4CC(C3)CC2C4)c1O.CN=Cc1cc(C)cc(C)c1O.CN=Cc1cc(C)cc(C)c1O.[Cl][Zr][Cl].[Cl][Zr][Cl].[Cl][Zr][Cl]. The van der Waals surface area contributed by atoms with Crippen LogP contribution in [0.5, 0.6) is 28.7 Å². The average Bonchev–Trinajstić information content (AvgIpc) is 3.29. The van der Waals surface area contributed by atoms with Crippen molar-refractivity contribution in [2.24, 2.45) is 38.6 Å². The quantitative estimate of drug-likeness (QED) is 0.135. The summed E-state index contributed by atoms with van der Waals surface area (Å²) >= 11 is -2.48. The molecule has 4 aliphatic carbocycles. The Labute approximate surface area is 460 Å². The molecule has 0 unspecified atom stereocenters. The summed E-state index contributed by atoms with van der Waals surface area (Å²) in [7, 11) is 33.0. The maximum absolute atomic E-state index is 11.5. The molecule has 0 amide bonds. The van der Waals surface area contributed by atoms with Crippen molar-refractivity contribution in [3.63, 3.8) is 0 Å². The van der Waals surface area contributed by atoms with Gasteiger partial charge in [-0.3, -0.25) is 15.0 Å². The summed E-state index contributed by atoms with van der Waals surface area (Å²) in [6.45, 7) is 12.1. The molecule has 4 fully saturated rings. The summed E-state index contributed by atoms with van der Waals surface area (Å²) < 4.78 is 6.26. The third-order valence-corrected chi connectivity index (χ3v) is 12.3. The van der Waals surface area contributed by atoms with Gasteiger partial charge in [0.25, 0.3) is 0 Å². The molecule has 7 nitrogen and oxygen atoms in total. The van der Waals surface area contributed by atoms with Crippen molar-refractivity contribution in [3.05, 3.63) is 147 Å². The Bertz CT molecular complexity index is 2300. The van der Waals surface area contributed by atoms with Gasteiger partial charge in [0.1, 0.15) is 28.7 Å². The molecule has 0 spiro atoms. The minimum absolute atomic E-state index is 0.298. The summed E-state index contributed by atoms with van der Waals surface area (Å²) in [5.41, 5.74) is 7.98. The number of hydrogen-bond donors (Lipinski definition) is 3. The van der Waals surface area contributed by atoms with Crippen molar-refractivity contribution in [3.8, 4) is 28.7 Å². The van der Waals surface area contributed by atoms with E-state index in [1.54, 1.807) is 26.5 Å². The van der Waals surface area contributed by atoms with Crippen LogP contribution in [0.15, 0.2) is 112 Å². The standard InChI is InChI=1S/C32H35NO2.2C10H13NO.6ClH.3Zr/c1-32(2,26-9-5-3-6-10-26)29-19-28(35-27-11-7-4-8-12-27)18-25(31(29)34)20-33-30-23-14-21-13-22(16-23)17-24(30)15-21;2*1-7-4-8(2)10(12)9(5-7)6-11-3;;;;;;;;;/h3-12,18-24,30,34H,13-17H2,1-2H3;2*4-6,12H,1-3H3;6*1H;;;/q;;;;;;;;;3*+2/p-6. The first-order chi connectivity index (χ1) is 32.5. The zero-order valence-electron chi connectivity index (χ0n) is 39.8. The van der Waals surface area contributed by atoms with Crippen LogP contribution in [0, 0.1) is 51.4 Å². The number of halogens is 6. The second-order valence-electron chi connectivity index (χ2n) is 17.5. The predicted octanol–water partition coefficient (Wildman–Crippen LogP) is 16.0. The first-order valence-electron chi connectivity index (χ1n) is 22.0. The number of benzene rings is 5. The second-order valence-corrected chi connectivity index (χ2v) is 28.7. The first kappa shape index (κ1) is 61.0. The summed E-state index contributed by atoms with van der Waals surface area (Å²) in [6.07, 6.45) is 12.1. The Balaban J connectivity index is 0.000000303. The average molecular weight is 1280 g/mol. The molecule has 5 aromatic carbocycles. The fourth-order valence-electron chi connectivity index (χ4n) is 9.67. The molecule has 16 heteroatoms. The normalized spacial score (nSPS) is 18.6. The zero-order chi connectivity index (χ0) is 50.4. The first-order valence-corrected chi connectivity index (χ1v) is 41.0. The molecule has 68 heavy (non-hydrogen) atoms. The minimum atomic E-state index is -0.826. The number of hydrogen-bond acceptors (Lipinski definition) is 7. The number of ether oxygens (including phenoxy) is 1. The number of phenolic OH excluding ortho intramolecular Hbond substituents is 3. The van der Waals surface area contributed by atoms with Gasteiger partial charge in [0.05, 0.1) is 6.04 Å². The number of rotatable bonds is 8. The zero-order valence-corrected chi connectivity index (χ0v) is 51.7. The van der Waals surface area contributed by atoms with Crippen LogP contribution in [0.1, 0.15) is 96.0 Å². The van der Waals surface area contributed by atoms with Gasteiger partial charge in [-0.15, -0.1) is 0 Å². The van der Waals surface area contributed by atoms with Gasteiger partial charge in [0.2, 0.25) is 0 Å². The monoisotopic (exact) mass is 1270 g/mol. The number of aromatic hydroxyl groups is 3. The number of nitrogens with zero attached hydrogens (tertiary/aromatic N) is 3. The molecular weight excluding hydrogens is 1220 g/mol. The van der Waals surface area contributed by atoms with E-state index in [4.69, 9.17) is 60.8 Å². The van der Waals surface area contributed by atoms with E-state index in [-0.39, 0.29) is 0 Å². The molecule has 3 N–H and O–H groups in total. The second kappa shape index (κ2) is 32.0. The summed E-state index contributed by atoms with van der Waals surface area (Å²) in [6, 6.07) is 32.2. The van der Waals surface area contributed by atoms with E-state index >= 15 is 0 Å². The summed E-state index contributed by atoms with van der Waals surface area (Å²) in [5, 5.41) is 30.6. The van der Waals surface area contributed by atoms with Gasteiger partial charge in [0, 0.05) is 60.4 Å². The predicted molar refractivity (Wildman–Crippen MR) is 279 cm³/mol. The molecule has 9 rings (SSSR count). The van der Waals surface area contributed by atoms with Gasteiger partial charge < -0.3 is 20.1 Å². The number of phenols is 3. The Morgan fingerprint density at radius 1 is 0.544 bits per heavy atom. The van der Waals surface area contributed by atoms with Crippen molar-refractivity contribution in [2.75, 3.05) is 14.1 Å². The third-order valence-electron chi connectivity index (χ3n) is 12.3. The van der Waals surface area contributed by atoms with Gasteiger partial charge in [-0.25, -0.2) is 0 Å². The van der Waals surface area contributed by atoms with E-state index in [9.17, 15) is 15.3 Å². The van der Waals surface area contributed by atoms with Gasteiger partial charge >= 0.3 is 114 Å². The molecule has 5 aromatic rings. The van der Waals surface area contributed by atoms with Crippen molar-refractivity contribution in [1.29, 1.82) is 0 Å². The molecule has 0 atom stereocenters. The number of para-hydroxylation sites is 1. The Kier molecular flexibility index (Phi) is 28.7. The van der Waals surface area contributed by atoms with Crippen molar-refractivity contribution in [1.82, 2.24) is 0 Å². The molecule has 4 bridgehead atoms. The van der Waals surface area contributed by atoms with E-state index in [1.165, 1.54) is 32.1 Å². The van der Waals surface area contributed by atoms with E-state index in [2.05, 4.69) is 36.0 Å². The Morgan fingerprint density at radius 3 is 1.38 bits per heavy atom. The molecule has 0 aliphatic heterocycles. The number of aliphatic imine (C=N–C) groups is 3. The molecule has 0 heterocycles.